The first-order valence-corrected chi connectivity index (χ1v) is 9.31. The number of hydrogen-bond donors (Lipinski definition) is 0. The summed E-state index contributed by atoms with van der Waals surface area (Å²) < 4.78 is 7.36. The van der Waals surface area contributed by atoms with E-state index in [1.54, 1.807) is 0 Å². The zero-order chi connectivity index (χ0) is 19.2. The van der Waals surface area contributed by atoms with Crippen LogP contribution in [0.3, 0.4) is 0 Å². The smallest absolute Gasteiger partial charge is 0.156 e. The number of ether oxygens (including phenoxy) is 1. The van der Waals surface area contributed by atoms with Crippen LogP contribution < -0.4 is 4.74 Å². The highest BCUT2D eigenvalue weighted by Gasteiger charge is 2.10. The number of para-hydroxylation sites is 1. The van der Waals surface area contributed by atoms with E-state index in [1.165, 1.54) is 0 Å². The van der Waals surface area contributed by atoms with Crippen molar-refractivity contribution < 1.29 is 4.74 Å². The van der Waals surface area contributed by atoms with Crippen LogP contribution in [0.4, 0.5) is 5.82 Å². The number of rotatable bonds is 6. The van der Waals surface area contributed by atoms with Gasteiger partial charge in [0.2, 0.25) is 0 Å². The Kier molecular flexibility index (Phi) is 5.29. The molecule has 0 unspecified atom stereocenters. The quantitative estimate of drug-likeness (QED) is 0.411. The fraction of sp³-hybridized carbons (Fsp3) is 0.0833. The van der Waals surface area contributed by atoms with Gasteiger partial charge in [0.05, 0.1) is 18.0 Å². The van der Waals surface area contributed by atoms with Crippen molar-refractivity contribution in [3.8, 4) is 22.7 Å². The van der Waals surface area contributed by atoms with Crippen molar-refractivity contribution >= 4 is 12.0 Å². The van der Waals surface area contributed by atoms with Gasteiger partial charge in [-0.1, -0.05) is 48.5 Å². The highest BCUT2D eigenvalue weighted by molar-refractivity contribution is 5.82. The number of nitrogens with zero attached hydrogens (tertiary/aromatic N) is 3. The summed E-state index contributed by atoms with van der Waals surface area (Å²) in [6.45, 7) is 2.64. The van der Waals surface area contributed by atoms with E-state index in [0.29, 0.717) is 6.61 Å². The van der Waals surface area contributed by atoms with Gasteiger partial charge in [0, 0.05) is 17.8 Å². The van der Waals surface area contributed by atoms with E-state index in [-0.39, 0.29) is 0 Å². The summed E-state index contributed by atoms with van der Waals surface area (Å²) in [5, 5.41) is 4.78. The first-order valence-electron chi connectivity index (χ1n) is 9.31. The molecule has 0 atom stereocenters. The van der Waals surface area contributed by atoms with Crippen LogP contribution in [0.5, 0.6) is 5.75 Å². The summed E-state index contributed by atoms with van der Waals surface area (Å²) in [7, 11) is 0. The fourth-order valence-electron chi connectivity index (χ4n) is 2.93. The molecule has 0 radical (unpaired) electrons. The highest BCUT2D eigenvalue weighted by Crippen LogP contribution is 2.26. The van der Waals surface area contributed by atoms with Crippen LogP contribution in [0.1, 0.15) is 12.5 Å². The standard InChI is InChI=1S/C24H21N3O/c1-2-28-22-15-13-19(14-16-22)18-25-24-17-23(20-9-5-3-6-10-20)26-27(24)21-11-7-4-8-12-21/h3-18H,2H2,1H3. The van der Waals surface area contributed by atoms with Gasteiger partial charge >= 0.3 is 0 Å². The van der Waals surface area contributed by atoms with Crippen molar-refractivity contribution in [3.05, 3.63) is 96.6 Å². The molecular weight excluding hydrogens is 346 g/mol. The Morgan fingerprint density at radius 1 is 0.893 bits per heavy atom. The molecular formula is C24H21N3O. The van der Waals surface area contributed by atoms with Crippen LogP contribution >= 0.6 is 0 Å². The van der Waals surface area contributed by atoms with E-state index in [0.717, 1.165) is 34.1 Å². The molecule has 0 saturated carbocycles. The monoisotopic (exact) mass is 367 g/mol. The van der Waals surface area contributed by atoms with Crippen LogP contribution in [0.2, 0.25) is 0 Å². The number of aromatic nitrogens is 2. The third-order valence-corrected chi connectivity index (χ3v) is 4.30. The summed E-state index contributed by atoms with van der Waals surface area (Å²) in [4.78, 5) is 4.71. The van der Waals surface area contributed by atoms with E-state index >= 15 is 0 Å². The Hall–Kier alpha value is -3.66. The number of aliphatic imine (C=N–C) groups is 1. The molecule has 0 N–H and O–H groups in total. The molecule has 4 nitrogen and oxygen atoms in total. The minimum absolute atomic E-state index is 0.659. The summed E-state index contributed by atoms with van der Waals surface area (Å²) in [5.74, 6) is 1.64. The summed E-state index contributed by atoms with van der Waals surface area (Å²) in [6.07, 6.45) is 1.85. The molecule has 4 rings (SSSR count). The molecule has 0 aliphatic rings. The molecule has 0 spiro atoms. The lowest BCUT2D eigenvalue weighted by Gasteiger charge is -2.04. The lowest BCUT2D eigenvalue weighted by molar-refractivity contribution is 0.340. The maximum atomic E-state index is 5.49. The summed E-state index contributed by atoms with van der Waals surface area (Å²) in [6, 6.07) is 30.1. The molecule has 28 heavy (non-hydrogen) atoms. The van der Waals surface area contributed by atoms with Gasteiger partial charge in [-0.25, -0.2) is 9.67 Å². The number of benzene rings is 3. The Balaban J connectivity index is 1.69. The SMILES string of the molecule is CCOc1ccc(C=Nc2cc(-c3ccccc3)nn2-c2ccccc2)cc1. The normalized spacial score (nSPS) is 11.0. The topological polar surface area (TPSA) is 39.4 Å². The average molecular weight is 367 g/mol. The van der Waals surface area contributed by atoms with Gasteiger partial charge in [-0.05, 0) is 48.9 Å². The molecule has 4 heteroatoms. The van der Waals surface area contributed by atoms with E-state index in [9.17, 15) is 0 Å². The minimum Gasteiger partial charge on any atom is -0.494 e. The number of hydrogen-bond acceptors (Lipinski definition) is 3. The summed E-state index contributed by atoms with van der Waals surface area (Å²) in [5.41, 5.74) is 3.94. The molecule has 0 fully saturated rings. The van der Waals surface area contributed by atoms with Crippen molar-refractivity contribution in [2.45, 2.75) is 6.92 Å². The average Bonchev–Trinajstić information content (AvgIpc) is 3.19. The lowest BCUT2D eigenvalue weighted by atomic mass is 10.2. The van der Waals surface area contributed by atoms with Crippen LogP contribution in [0.25, 0.3) is 16.9 Å². The first-order chi connectivity index (χ1) is 13.8. The minimum atomic E-state index is 0.659. The Morgan fingerprint density at radius 2 is 1.57 bits per heavy atom. The third-order valence-electron chi connectivity index (χ3n) is 4.30. The molecule has 1 aromatic heterocycles. The molecule has 3 aromatic carbocycles. The molecule has 1 heterocycles. The van der Waals surface area contributed by atoms with Crippen LogP contribution in [-0.2, 0) is 0 Å². The fourth-order valence-corrected chi connectivity index (χ4v) is 2.93. The Bertz CT molecular complexity index is 1050. The van der Waals surface area contributed by atoms with Crippen LogP contribution in [0.15, 0.2) is 96.0 Å². The second kappa shape index (κ2) is 8.35. The van der Waals surface area contributed by atoms with Gasteiger partial charge in [0.15, 0.2) is 5.82 Å². The molecule has 0 bridgehead atoms. The maximum absolute atomic E-state index is 5.49. The van der Waals surface area contributed by atoms with Crippen molar-refractivity contribution in [2.75, 3.05) is 6.61 Å². The van der Waals surface area contributed by atoms with Crippen molar-refractivity contribution in [1.29, 1.82) is 0 Å². The van der Waals surface area contributed by atoms with E-state index in [2.05, 4.69) is 12.1 Å². The molecule has 0 amide bonds. The molecule has 138 valence electrons. The predicted molar refractivity (Wildman–Crippen MR) is 114 cm³/mol. The van der Waals surface area contributed by atoms with Crippen LogP contribution in [0, 0.1) is 0 Å². The second-order valence-corrected chi connectivity index (χ2v) is 6.26. The first kappa shape index (κ1) is 17.7. The van der Waals surface area contributed by atoms with Gasteiger partial charge in [-0.3, -0.25) is 0 Å². The Morgan fingerprint density at radius 3 is 2.25 bits per heavy atom. The van der Waals surface area contributed by atoms with Crippen LogP contribution in [-0.4, -0.2) is 22.6 Å². The molecule has 4 aromatic rings. The van der Waals surface area contributed by atoms with Gasteiger partial charge in [-0.2, -0.15) is 5.10 Å². The zero-order valence-electron chi connectivity index (χ0n) is 15.7. The maximum Gasteiger partial charge on any atom is 0.156 e. The van der Waals surface area contributed by atoms with Gasteiger partial charge in [0.25, 0.3) is 0 Å². The summed E-state index contributed by atoms with van der Waals surface area (Å²) >= 11 is 0. The van der Waals surface area contributed by atoms with Gasteiger partial charge in [-0.15, -0.1) is 0 Å². The molecule has 0 saturated heterocycles. The van der Waals surface area contributed by atoms with Gasteiger partial charge < -0.3 is 4.74 Å². The van der Waals surface area contributed by atoms with E-state index in [1.807, 2.05) is 96.7 Å². The van der Waals surface area contributed by atoms with E-state index < -0.39 is 0 Å². The van der Waals surface area contributed by atoms with Crippen molar-refractivity contribution in [3.63, 3.8) is 0 Å². The predicted octanol–water partition coefficient (Wildman–Crippen LogP) is 5.69. The highest BCUT2D eigenvalue weighted by atomic mass is 16.5. The molecule has 0 aliphatic heterocycles. The van der Waals surface area contributed by atoms with Crippen molar-refractivity contribution in [1.82, 2.24) is 9.78 Å². The van der Waals surface area contributed by atoms with Gasteiger partial charge in [0.1, 0.15) is 5.75 Å². The third kappa shape index (κ3) is 4.01. The zero-order valence-corrected chi connectivity index (χ0v) is 15.7. The van der Waals surface area contributed by atoms with Crippen molar-refractivity contribution in [2.24, 2.45) is 4.99 Å². The lowest BCUT2D eigenvalue weighted by Crippen LogP contribution is -1.96. The molecule has 0 aliphatic carbocycles. The van der Waals surface area contributed by atoms with E-state index in [4.69, 9.17) is 14.8 Å². The largest absolute Gasteiger partial charge is 0.494 e. The Labute approximate surface area is 164 Å². The second-order valence-electron chi connectivity index (χ2n) is 6.26.